The predicted octanol–water partition coefficient (Wildman–Crippen LogP) is 2.36. The molecule has 1 heterocycles. The van der Waals surface area contributed by atoms with Crippen molar-refractivity contribution in [3.05, 3.63) is 0 Å². The zero-order valence-electron chi connectivity index (χ0n) is 10.0. The predicted molar refractivity (Wildman–Crippen MR) is 63.4 cm³/mol. The van der Waals surface area contributed by atoms with E-state index in [2.05, 4.69) is 4.90 Å². The van der Waals surface area contributed by atoms with Gasteiger partial charge in [0.25, 0.3) is 0 Å². The molecule has 1 saturated heterocycles. The third-order valence-electron chi connectivity index (χ3n) is 4.17. The molecule has 0 aromatic heterocycles. The van der Waals surface area contributed by atoms with E-state index in [0.29, 0.717) is 5.92 Å². The third-order valence-corrected chi connectivity index (χ3v) is 4.17. The number of piperidine rings is 1. The van der Waals surface area contributed by atoms with Crippen molar-refractivity contribution in [1.82, 2.24) is 4.90 Å². The number of carboxylic acids is 1. The molecule has 0 amide bonds. The molecular weight excluding hydrogens is 202 g/mol. The standard InChI is InChI=1S/C13H23NO2/c15-13(16)12-7-3-2-6-11(12)10-14-8-4-1-5-9-14/h11-12H,1-10H2,(H,15,16)/t11?,12-/m0/s1. The van der Waals surface area contributed by atoms with Gasteiger partial charge in [0, 0.05) is 6.54 Å². The minimum absolute atomic E-state index is 0.0734. The summed E-state index contributed by atoms with van der Waals surface area (Å²) < 4.78 is 0. The molecule has 2 atom stereocenters. The summed E-state index contributed by atoms with van der Waals surface area (Å²) >= 11 is 0. The van der Waals surface area contributed by atoms with Crippen LogP contribution >= 0.6 is 0 Å². The Hall–Kier alpha value is -0.570. The lowest BCUT2D eigenvalue weighted by Gasteiger charge is -2.35. The Morgan fingerprint density at radius 2 is 1.75 bits per heavy atom. The van der Waals surface area contributed by atoms with Crippen LogP contribution in [0.15, 0.2) is 0 Å². The summed E-state index contributed by atoms with van der Waals surface area (Å²) in [4.78, 5) is 13.7. The maximum atomic E-state index is 11.2. The molecule has 2 fully saturated rings. The van der Waals surface area contributed by atoms with Gasteiger partial charge in [-0.2, -0.15) is 0 Å². The summed E-state index contributed by atoms with van der Waals surface area (Å²) in [5.41, 5.74) is 0. The van der Waals surface area contributed by atoms with E-state index in [1.165, 1.54) is 38.8 Å². The highest BCUT2D eigenvalue weighted by Gasteiger charge is 2.31. The maximum Gasteiger partial charge on any atom is 0.306 e. The molecule has 92 valence electrons. The number of nitrogens with zero attached hydrogens (tertiary/aromatic N) is 1. The average molecular weight is 225 g/mol. The Labute approximate surface area is 97.8 Å². The molecule has 2 rings (SSSR count). The fourth-order valence-electron chi connectivity index (χ4n) is 3.22. The van der Waals surface area contributed by atoms with E-state index in [4.69, 9.17) is 0 Å². The van der Waals surface area contributed by atoms with E-state index >= 15 is 0 Å². The number of likely N-dealkylation sites (tertiary alicyclic amines) is 1. The number of hydrogen-bond donors (Lipinski definition) is 1. The lowest BCUT2D eigenvalue weighted by atomic mass is 9.79. The van der Waals surface area contributed by atoms with Crippen LogP contribution in [0.4, 0.5) is 0 Å². The molecule has 1 aliphatic heterocycles. The molecule has 0 aromatic carbocycles. The maximum absolute atomic E-state index is 11.2. The lowest BCUT2D eigenvalue weighted by Crippen LogP contribution is -2.39. The Morgan fingerprint density at radius 1 is 1.06 bits per heavy atom. The normalized spacial score (nSPS) is 32.5. The summed E-state index contributed by atoms with van der Waals surface area (Å²) in [5, 5.41) is 9.22. The largest absolute Gasteiger partial charge is 0.481 e. The SMILES string of the molecule is O=C(O)[C@H]1CCCCC1CN1CCCCC1. The zero-order valence-corrected chi connectivity index (χ0v) is 10.0. The van der Waals surface area contributed by atoms with Gasteiger partial charge in [-0.3, -0.25) is 4.79 Å². The average Bonchev–Trinajstić information content (AvgIpc) is 2.31. The van der Waals surface area contributed by atoms with Gasteiger partial charge in [-0.15, -0.1) is 0 Å². The molecule has 1 saturated carbocycles. The lowest BCUT2D eigenvalue weighted by molar-refractivity contribution is -0.145. The van der Waals surface area contributed by atoms with Crippen LogP contribution in [0.3, 0.4) is 0 Å². The number of carbonyl (C=O) groups is 1. The molecule has 0 bridgehead atoms. The number of rotatable bonds is 3. The van der Waals surface area contributed by atoms with Gasteiger partial charge in [0.1, 0.15) is 0 Å². The quantitative estimate of drug-likeness (QED) is 0.801. The van der Waals surface area contributed by atoms with Crippen LogP contribution in [0.25, 0.3) is 0 Å². The zero-order chi connectivity index (χ0) is 11.4. The first-order chi connectivity index (χ1) is 7.77. The van der Waals surface area contributed by atoms with E-state index in [0.717, 1.165) is 25.8 Å². The van der Waals surface area contributed by atoms with Crippen LogP contribution in [0.5, 0.6) is 0 Å². The van der Waals surface area contributed by atoms with Gasteiger partial charge >= 0.3 is 5.97 Å². The first-order valence-corrected chi connectivity index (χ1v) is 6.72. The molecule has 0 aromatic rings. The minimum Gasteiger partial charge on any atom is -0.481 e. The molecule has 1 aliphatic carbocycles. The van der Waals surface area contributed by atoms with Crippen LogP contribution in [0, 0.1) is 11.8 Å². The highest BCUT2D eigenvalue weighted by molar-refractivity contribution is 5.70. The molecule has 16 heavy (non-hydrogen) atoms. The highest BCUT2D eigenvalue weighted by Crippen LogP contribution is 2.31. The van der Waals surface area contributed by atoms with Gasteiger partial charge in [0.2, 0.25) is 0 Å². The number of carboxylic acid groups (broad SMARTS) is 1. The fourth-order valence-corrected chi connectivity index (χ4v) is 3.22. The van der Waals surface area contributed by atoms with Gasteiger partial charge < -0.3 is 10.0 Å². The minimum atomic E-state index is -0.568. The second-order valence-electron chi connectivity index (χ2n) is 5.35. The van der Waals surface area contributed by atoms with E-state index < -0.39 is 5.97 Å². The van der Waals surface area contributed by atoms with Crippen molar-refractivity contribution in [2.45, 2.75) is 44.9 Å². The topological polar surface area (TPSA) is 40.5 Å². The van der Waals surface area contributed by atoms with Crippen LogP contribution < -0.4 is 0 Å². The van der Waals surface area contributed by atoms with Crippen LogP contribution in [0.2, 0.25) is 0 Å². The number of hydrogen-bond acceptors (Lipinski definition) is 2. The summed E-state index contributed by atoms with van der Waals surface area (Å²) in [6, 6.07) is 0. The molecular formula is C13H23NO2. The second-order valence-corrected chi connectivity index (χ2v) is 5.35. The molecule has 1 unspecified atom stereocenters. The smallest absolute Gasteiger partial charge is 0.306 e. The third kappa shape index (κ3) is 2.97. The number of aliphatic carboxylic acids is 1. The van der Waals surface area contributed by atoms with Crippen molar-refractivity contribution in [3.63, 3.8) is 0 Å². The van der Waals surface area contributed by atoms with Crippen molar-refractivity contribution < 1.29 is 9.90 Å². The summed E-state index contributed by atoms with van der Waals surface area (Å²) in [6.07, 6.45) is 8.29. The van der Waals surface area contributed by atoms with Crippen molar-refractivity contribution in [2.75, 3.05) is 19.6 Å². The summed E-state index contributed by atoms with van der Waals surface area (Å²) in [5.74, 6) is -0.235. The summed E-state index contributed by atoms with van der Waals surface area (Å²) in [6.45, 7) is 3.39. The summed E-state index contributed by atoms with van der Waals surface area (Å²) in [7, 11) is 0. The molecule has 0 spiro atoms. The van der Waals surface area contributed by atoms with Crippen molar-refractivity contribution >= 4 is 5.97 Å². The van der Waals surface area contributed by atoms with Crippen molar-refractivity contribution in [1.29, 1.82) is 0 Å². The highest BCUT2D eigenvalue weighted by atomic mass is 16.4. The van der Waals surface area contributed by atoms with Gasteiger partial charge in [-0.25, -0.2) is 0 Å². The molecule has 0 radical (unpaired) electrons. The Kier molecular flexibility index (Phi) is 4.22. The molecule has 2 aliphatic rings. The Balaban J connectivity index is 1.87. The van der Waals surface area contributed by atoms with E-state index in [-0.39, 0.29) is 5.92 Å². The van der Waals surface area contributed by atoms with Gasteiger partial charge in [-0.1, -0.05) is 19.3 Å². The van der Waals surface area contributed by atoms with Crippen molar-refractivity contribution in [2.24, 2.45) is 11.8 Å². The molecule has 1 N–H and O–H groups in total. The van der Waals surface area contributed by atoms with Crippen LogP contribution in [-0.4, -0.2) is 35.6 Å². The Bertz CT molecular complexity index is 236. The van der Waals surface area contributed by atoms with E-state index in [1.54, 1.807) is 0 Å². The van der Waals surface area contributed by atoms with Gasteiger partial charge in [-0.05, 0) is 44.7 Å². The van der Waals surface area contributed by atoms with E-state index in [1.807, 2.05) is 0 Å². The second kappa shape index (κ2) is 5.67. The van der Waals surface area contributed by atoms with Gasteiger partial charge in [0.05, 0.1) is 5.92 Å². The van der Waals surface area contributed by atoms with Crippen LogP contribution in [0.1, 0.15) is 44.9 Å². The first kappa shape index (κ1) is 11.9. The molecule has 3 heteroatoms. The van der Waals surface area contributed by atoms with Gasteiger partial charge in [0.15, 0.2) is 0 Å². The monoisotopic (exact) mass is 225 g/mol. The van der Waals surface area contributed by atoms with Crippen molar-refractivity contribution in [3.8, 4) is 0 Å². The first-order valence-electron chi connectivity index (χ1n) is 6.72. The van der Waals surface area contributed by atoms with E-state index in [9.17, 15) is 9.90 Å². The van der Waals surface area contributed by atoms with Crippen LogP contribution in [-0.2, 0) is 4.79 Å². The molecule has 3 nitrogen and oxygen atoms in total. The fraction of sp³-hybridized carbons (Fsp3) is 0.923. The Morgan fingerprint density at radius 3 is 2.44 bits per heavy atom.